The maximum atomic E-state index is 12.6. The number of carbonyl (C=O) groups excluding carboxylic acids is 1. The summed E-state index contributed by atoms with van der Waals surface area (Å²) in [5.41, 5.74) is 2.11. The third-order valence-electron chi connectivity index (χ3n) is 5.08. The molecule has 2 aliphatic rings. The van der Waals surface area contributed by atoms with E-state index in [4.69, 9.17) is 21.3 Å². The molecule has 1 amide bonds. The van der Waals surface area contributed by atoms with Crippen molar-refractivity contribution in [2.24, 2.45) is 5.92 Å². The number of aryl methyl sites for hydroxylation is 1. The number of aromatic nitrogens is 1. The van der Waals surface area contributed by atoms with Gasteiger partial charge in [0, 0.05) is 32.3 Å². The van der Waals surface area contributed by atoms with Gasteiger partial charge in [-0.2, -0.15) is 0 Å². The summed E-state index contributed by atoms with van der Waals surface area (Å²) in [5, 5.41) is 4.91. The van der Waals surface area contributed by atoms with Gasteiger partial charge in [0.2, 0.25) is 5.91 Å². The van der Waals surface area contributed by atoms with Gasteiger partial charge in [-0.3, -0.25) is 4.79 Å². The highest BCUT2D eigenvalue weighted by Gasteiger charge is 2.31. The van der Waals surface area contributed by atoms with Crippen LogP contribution in [0.5, 0.6) is 0 Å². The molecule has 0 radical (unpaired) electrons. The fourth-order valence-corrected chi connectivity index (χ4v) is 4.89. The van der Waals surface area contributed by atoms with Crippen LogP contribution in [-0.4, -0.2) is 43.2 Å². The first-order valence-corrected chi connectivity index (χ1v) is 10.00. The third-order valence-corrected chi connectivity index (χ3v) is 6.66. The molecule has 1 aromatic heterocycles. The SMILES string of the molecule is Cc1ccc(Cl)c2sc(N3CCC(C(=O)NC4CCOCC4)C3)nc12. The fraction of sp³-hybridized carbons (Fsp3) is 0.556. The Morgan fingerprint density at radius 3 is 2.92 bits per heavy atom. The van der Waals surface area contributed by atoms with E-state index in [-0.39, 0.29) is 17.9 Å². The van der Waals surface area contributed by atoms with Gasteiger partial charge in [0.1, 0.15) is 0 Å². The average molecular weight is 380 g/mol. The lowest BCUT2D eigenvalue weighted by Crippen LogP contribution is -2.42. The normalized spacial score (nSPS) is 21.8. The van der Waals surface area contributed by atoms with Crippen molar-refractivity contribution in [2.75, 3.05) is 31.2 Å². The molecule has 2 aromatic rings. The molecule has 0 spiro atoms. The van der Waals surface area contributed by atoms with Crippen LogP contribution in [0.3, 0.4) is 0 Å². The summed E-state index contributed by atoms with van der Waals surface area (Å²) in [5.74, 6) is 0.205. The van der Waals surface area contributed by atoms with E-state index in [1.165, 1.54) is 0 Å². The van der Waals surface area contributed by atoms with Crippen molar-refractivity contribution in [3.8, 4) is 0 Å². The van der Waals surface area contributed by atoms with Crippen molar-refractivity contribution >= 4 is 44.2 Å². The lowest BCUT2D eigenvalue weighted by molar-refractivity contribution is -0.125. The molecule has 2 fully saturated rings. The van der Waals surface area contributed by atoms with Gasteiger partial charge in [0.05, 0.1) is 21.2 Å². The van der Waals surface area contributed by atoms with Gasteiger partial charge in [-0.25, -0.2) is 4.98 Å². The van der Waals surface area contributed by atoms with Crippen molar-refractivity contribution in [3.63, 3.8) is 0 Å². The number of hydrogen-bond donors (Lipinski definition) is 1. The summed E-state index contributed by atoms with van der Waals surface area (Å²) in [6.45, 7) is 5.13. The van der Waals surface area contributed by atoms with Gasteiger partial charge < -0.3 is 15.0 Å². The van der Waals surface area contributed by atoms with E-state index in [2.05, 4.69) is 17.1 Å². The molecule has 0 saturated carbocycles. The Morgan fingerprint density at radius 2 is 2.16 bits per heavy atom. The Hall–Kier alpha value is -1.37. The predicted octanol–water partition coefficient (Wildman–Crippen LogP) is 3.38. The van der Waals surface area contributed by atoms with Crippen molar-refractivity contribution in [1.29, 1.82) is 0 Å². The van der Waals surface area contributed by atoms with E-state index in [9.17, 15) is 4.79 Å². The van der Waals surface area contributed by atoms with Crippen LogP contribution in [0.4, 0.5) is 5.13 Å². The molecule has 1 N–H and O–H groups in total. The number of nitrogens with zero attached hydrogens (tertiary/aromatic N) is 2. The van der Waals surface area contributed by atoms with Crippen molar-refractivity contribution in [1.82, 2.24) is 10.3 Å². The Labute approximate surface area is 156 Å². The number of benzene rings is 1. The van der Waals surface area contributed by atoms with Gasteiger partial charge in [-0.15, -0.1) is 0 Å². The second kappa shape index (κ2) is 7.09. The van der Waals surface area contributed by atoms with Crippen molar-refractivity contribution in [3.05, 3.63) is 22.7 Å². The Kier molecular flexibility index (Phi) is 4.84. The minimum Gasteiger partial charge on any atom is -0.381 e. The molecule has 1 unspecified atom stereocenters. The number of rotatable bonds is 3. The highest BCUT2D eigenvalue weighted by atomic mass is 35.5. The van der Waals surface area contributed by atoms with Gasteiger partial charge in [-0.1, -0.05) is 29.0 Å². The third kappa shape index (κ3) is 3.48. The standard InChI is InChI=1S/C18H22ClN3O2S/c1-11-2-3-14(19)16-15(11)21-18(25-16)22-7-4-12(10-22)17(23)20-13-5-8-24-9-6-13/h2-3,12-13H,4-10H2,1H3,(H,20,23). The molecule has 0 bridgehead atoms. The first kappa shape index (κ1) is 17.1. The minimum absolute atomic E-state index is 0.0337. The molecular formula is C18H22ClN3O2S. The quantitative estimate of drug-likeness (QED) is 0.888. The summed E-state index contributed by atoms with van der Waals surface area (Å²) < 4.78 is 6.39. The molecule has 3 heterocycles. The zero-order valence-corrected chi connectivity index (χ0v) is 15.8. The fourth-order valence-electron chi connectivity index (χ4n) is 3.54. The first-order chi connectivity index (χ1) is 12.1. The van der Waals surface area contributed by atoms with Crippen molar-refractivity contribution in [2.45, 2.75) is 32.2 Å². The Morgan fingerprint density at radius 1 is 1.36 bits per heavy atom. The number of amides is 1. The number of nitrogens with one attached hydrogen (secondary N) is 1. The number of halogens is 1. The molecule has 5 nitrogen and oxygen atoms in total. The maximum absolute atomic E-state index is 12.6. The van der Waals surface area contributed by atoms with Gasteiger partial charge in [0.15, 0.2) is 5.13 Å². The summed E-state index contributed by atoms with van der Waals surface area (Å²) in [6, 6.07) is 4.19. The topological polar surface area (TPSA) is 54.5 Å². The van der Waals surface area contributed by atoms with Gasteiger partial charge in [0.25, 0.3) is 0 Å². The van der Waals surface area contributed by atoms with E-state index in [0.717, 1.165) is 71.5 Å². The van der Waals surface area contributed by atoms with Crippen molar-refractivity contribution < 1.29 is 9.53 Å². The highest BCUT2D eigenvalue weighted by Crippen LogP contribution is 2.37. The Bertz CT molecular complexity index is 749. The van der Waals surface area contributed by atoms with Gasteiger partial charge >= 0.3 is 0 Å². The van der Waals surface area contributed by atoms with E-state index in [1.54, 1.807) is 11.3 Å². The largest absolute Gasteiger partial charge is 0.381 e. The number of thiazole rings is 1. The van der Waals surface area contributed by atoms with Crippen LogP contribution < -0.4 is 10.2 Å². The van der Waals surface area contributed by atoms with Crippen LogP contribution in [0, 0.1) is 12.8 Å². The number of hydrogen-bond acceptors (Lipinski definition) is 5. The molecule has 134 valence electrons. The predicted molar refractivity (Wildman–Crippen MR) is 102 cm³/mol. The van der Waals surface area contributed by atoms with Gasteiger partial charge in [-0.05, 0) is 37.8 Å². The zero-order valence-electron chi connectivity index (χ0n) is 14.3. The minimum atomic E-state index is 0.0337. The zero-order chi connectivity index (χ0) is 17.4. The number of anilines is 1. The monoisotopic (exact) mass is 379 g/mol. The second-order valence-electron chi connectivity index (χ2n) is 6.87. The van der Waals surface area contributed by atoms with Crippen LogP contribution in [0.1, 0.15) is 24.8 Å². The number of ether oxygens (including phenoxy) is 1. The summed E-state index contributed by atoms with van der Waals surface area (Å²) in [7, 11) is 0. The van der Waals surface area contributed by atoms with Crippen LogP contribution >= 0.6 is 22.9 Å². The van der Waals surface area contributed by atoms with E-state index in [1.807, 2.05) is 12.1 Å². The van der Waals surface area contributed by atoms with E-state index in [0.29, 0.717) is 0 Å². The summed E-state index contributed by atoms with van der Waals surface area (Å²) in [6.07, 6.45) is 2.70. The lowest BCUT2D eigenvalue weighted by atomic mass is 10.1. The molecule has 2 aliphatic heterocycles. The van der Waals surface area contributed by atoms with Crippen LogP contribution in [0.15, 0.2) is 12.1 Å². The molecule has 1 atom stereocenters. The Balaban J connectivity index is 1.44. The molecular weight excluding hydrogens is 358 g/mol. The molecule has 0 aliphatic carbocycles. The molecule has 1 aromatic carbocycles. The smallest absolute Gasteiger partial charge is 0.225 e. The van der Waals surface area contributed by atoms with Crippen LogP contribution in [0.2, 0.25) is 5.02 Å². The summed E-state index contributed by atoms with van der Waals surface area (Å²) in [4.78, 5) is 19.5. The molecule has 25 heavy (non-hydrogen) atoms. The summed E-state index contributed by atoms with van der Waals surface area (Å²) >= 11 is 7.93. The lowest BCUT2D eigenvalue weighted by Gasteiger charge is -2.24. The second-order valence-corrected chi connectivity index (χ2v) is 8.25. The average Bonchev–Trinajstić information content (AvgIpc) is 3.26. The van der Waals surface area contributed by atoms with Crippen LogP contribution in [0.25, 0.3) is 10.2 Å². The number of fused-ring (bicyclic) bond motifs is 1. The molecule has 4 rings (SSSR count). The molecule has 2 saturated heterocycles. The molecule has 7 heteroatoms. The highest BCUT2D eigenvalue weighted by molar-refractivity contribution is 7.22. The van der Waals surface area contributed by atoms with E-state index < -0.39 is 0 Å². The number of carbonyl (C=O) groups is 1. The van der Waals surface area contributed by atoms with Crippen LogP contribution in [-0.2, 0) is 9.53 Å². The maximum Gasteiger partial charge on any atom is 0.225 e. The van der Waals surface area contributed by atoms with E-state index >= 15 is 0 Å². The first-order valence-electron chi connectivity index (χ1n) is 8.80.